The Morgan fingerprint density at radius 1 is 1.35 bits per heavy atom. The van der Waals surface area contributed by atoms with E-state index in [4.69, 9.17) is 5.11 Å². The molecular weight excluding hydrogens is 252 g/mol. The van der Waals surface area contributed by atoms with Gasteiger partial charge in [-0.1, -0.05) is 30.3 Å². The van der Waals surface area contributed by atoms with Crippen LogP contribution in [0.1, 0.15) is 18.4 Å². The highest BCUT2D eigenvalue weighted by Crippen LogP contribution is 2.21. The number of nitrogens with one attached hydrogen (secondary N) is 1. The standard InChI is InChI=1S/C16H24N2O2/c1-17-15(16(19)20)12-18-9-7-14(8-10-18)11-13-5-3-2-4-6-13/h2-6,14-15,17H,7-12H2,1H3,(H,19,20). The monoisotopic (exact) mass is 276 g/mol. The highest BCUT2D eigenvalue weighted by atomic mass is 16.4. The second kappa shape index (κ2) is 7.41. The molecule has 1 fully saturated rings. The molecule has 1 atom stereocenters. The molecular formula is C16H24N2O2. The topological polar surface area (TPSA) is 52.6 Å². The Balaban J connectivity index is 1.76. The number of aliphatic carboxylic acids is 1. The van der Waals surface area contributed by atoms with Crippen LogP contribution in [0.5, 0.6) is 0 Å². The molecule has 1 heterocycles. The fourth-order valence-electron chi connectivity index (χ4n) is 2.87. The van der Waals surface area contributed by atoms with Gasteiger partial charge < -0.3 is 15.3 Å². The lowest BCUT2D eigenvalue weighted by atomic mass is 9.90. The van der Waals surface area contributed by atoms with Gasteiger partial charge in [0.2, 0.25) is 0 Å². The van der Waals surface area contributed by atoms with E-state index in [1.807, 2.05) is 0 Å². The third kappa shape index (κ3) is 4.32. The van der Waals surface area contributed by atoms with Crippen molar-refractivity contribution in [2.75, 3.05) is 26.7 Å². The van der Waals surface area contributed by atoms with E-state index in [1.165, 1.54) is 5.56 Å². The van der Waals surface area contributed by atoms with Gasteiger partial charge in [-0.05, 0) is 50.9 Å². The summed E-state index contributed by atoms with van der Waals surface area (Å²) in [4.78, 5) is 13.3. The first-order valence-electron chi connectivity index (χ1n) is 7.35. The van der Waals surface area contributed by atoms with Gasteiger partial charge in [-0.25, -0.2) is 0 Å². The zero-order valence-electron chi connectivity index (χ0n) is 12.1. The second-order valence-electron chi connectivity index (χ2n) is 5.61. The number of benzene rings is 1. The molecule has 4 nitrogen and oxygen atoms in total. The SMILES string of the molecule is CNC(CN1CCC(Cc2ccccc2)CC1)C(=O)O. The Kier molecular flexibility index (Phi) is 5.56. The minimum Gasteiger partial charge on any atom is -0.480 e. The predicted molar refractivity (Wildman–Crippen MR) is 79.8 cm³/mol. The predicted octanol–water partition coefficient (Wildman–Crippen LogP) is 1.61. The summed E-state index contributed by atoms with van der Waals surface area (Å²) in [6, 6.07) is 10.2. The Morgan fingerprint density at radius 2 is 2.00 bits per heavy atom. The molecule has 0 spiro atoms. The molecule has 0 amide bonds. The number of carboxylic acids is 1. The van der Waals surface area contributed by atoms with Gasteiger partial charge in [-0.15, -0.1) is 0 Å². The lowest BCUT2D eigenvalue weighted by Gasteiger charge is -2.33. The van der Waals surface area contributed by atoms with E-state index in [1.54, 1.807) is 7.05 Å². The summed E-state index contributed by atoms with van der Waals surface area (Å²) < 4.78 is 0. The van der Waals surface area contributed by atoms with Crippen LogP contribution < -0.4 is 5.32 Å². The van der Waals surface area contributed by atoms with Gasteiger partial charge in [0.15, 0.2) is 0 Å². The van der Waals surface area contributed by atoms with Crippen LogP contribution in [0, 0.1) is 5.92 Å². The number of carboxylic acid groups (broad SMARTS) is 1. The van der Waals surface area contributed by atoms with Crippen molar-refractivity contribution >= 4 is 5.97 Å². The smallest absolute Gasteiger partial charge is 0.322 e. The summed E-state index contributed by atoms with van der Waals surface area (Å²) in [5, 5.41) is 11.9. The molecule has 0 radical (unpaired) electrons. The van der Waals surface area contributed by atoms with Crippen LogP contribution in [-0.2, 0) is 11.2 Å². The zero-order valence-corrected chi connectivity index (χ0v) is 12.1. The number of piperidine rings is 1. The third-order valence-corrected chi connectivity index (χ3v) is 4.16. The fraction of sp³-hybridized carbons (Fsp3) is 0.562. The average molecular weight is 276 g/mol. The summed E-state index contributed by atoms with van der Waals surface area (Å²) in [6.45, 7) is 2.61. The van der Waals surface area contributed by atoms with Gasteiger partial charge >= 0.3 is 5.97 Å². The number of hydrogen-bond donors (Lipinski definition) is 2. The molecule has 1 aromatic rings. The van der Waals surface area contributed by atoms with E-state index in [0.29, 0.717) is 6.54 Å². The Bertz CT molecular complexity index is 414. The van der Waals surface area contributed by atoms with Crippen molar-refractivity contribution < 1.29 is 9.90 Å². The minimum atomic E-state index is -0.765. The number of rotatable bonds is 6. The van der Waals surface area contributed by atoms with Crippen LogP contribution in [0.15, 0.2) is 30.3 Å². The van der Waals surface area contributed by atoms with Gasteiger partial charge in [0, 0.05) is 6.54 Å². The lowest BCUT2D eigenvalue weighted by molar-refractivity contribution is -0.139. The second-order valence-corrected chi connectivity index (χ2v) is 5.61. The maximum atomic E-state index is 11.0. The first kappa shape index (κ1) is 15.0. The molecule has 1 aliphatic heterocycles. The van der Waals surface area contributed by atoms with Crippen molar-refractivity contribution in [2.24, 2.45) is 5.92 Å². The molecule has 20 heavy (non-hydrogen) atoms. The van der Waals surface area contributed by atoms with E-state index in [9.17, 15) is 4.79 Å². The van der Waals surface area contributed by atoms with E-state index < -0.39 is 12.0 Å². The number of nitrogens with zero attached hydrogens (tertiary/aromatic N) is 1. The summed E-state index contributed by atoms with van der Waals surface area (Å²) in [5.74, 6) is -0.0366. The summed E-state index contributed by atoms with van der Waals surface area (Å²) >= 11 is 0. The molecule has 1 aromatic carbocycles. The largest absolute Gasteiger partial charge is 0.480 e. The molecule has 1 unspecified atom stereocenters. The van der Waals surface area contributed by atoms with Gasteiger partial charge in [-0.2, -0.15) is 0 Å². The molecule has 4 heteroatoms. The van der Waals surface area contributed by atoms with Crippen LogP contribution in [0.2, 0.25) is 0 Å². The van der Waals surface area contributed by atoms with Crippen molar-refractivity contribution in [2.45, 2.75) is 25.3 Å². The van der Waals surface area contributed by atoms with E-state index in [-0.39, 0.29) is 0 Å². The summed E-state index contributed by atoms with van der Waals surface area (Å²) in [7, 11) is 1.71. The van der Waals surface area contributed by atoms with Gasteiger partial charge in [0.1, 0.15) is 6.04 Å². The molecule has 2 N–H and O–H groups in total. The third-order valence-electron chi connectivity index (χ3n) is 4.16. The van der Waals surface area contributed by atoms with Crippen LogP contribution in [0.3, 0.4) is 0 Å². The lowest BCUT2D eigenvalue weighted by Crippen LogP contribution is -2.47. The quantitative estimate of drug-likeness (QED) is 0.829. The molecule has 2 rings (SSSR count). The Labute approximate surface area is 120 Å². The zero-order chi connectivity index (χ0) is 14.4. The highest BCUT2D eigenvalue weighted by molar-refractivity contribution is 5.73. The molecule has 110 valence electrons. The number of likely N-dealkylation sites (tertiary alicyclic amines) is 1. The first-order chi connectivity index (χ1) is 9.69. The number of likely N-dealkylation sites (N-methyl/N-ethyl adjacent to an activating group) is 1. The van der Waals surface area contributed by atoms with Crippen molar-refractivity contribution in [3.05, 3.63) is 35.9 Å². The van der Waals surface area contributed by atoms with Gasteiger partial charge in [0.25, 0.3) is 0 Å². The van der Waals surface area contributed by atoms with Crippen molar-refractivity contribution in [1.82, 2.24) is 10.2 Å². The minimum absolute atomic E-state index is 0.458. The fourth-order valence-corrected chi connectivity index (χ4v) is 2.87. The molecule has 1 aliphatic rings. The van der Waals surface area contributed by atoms with Crippen LogP contribution in [0.25, 0.3) is 0 Å². The van der Waals surface area contributed by atoms with Gasteiger partial charge in [-0.3, -0.25) is 4.79 Å². The van der Waals surface area contributed by atoms with Crippen molar-refractivity contribution in [3.63, 3.8) is 0 Å². The maximum absolute atomic E-state index is 11.0. The van der Waals surface area contributed by atoms with Crippen molar-refractivity contribution in [1.29, 1.82) is 0 Å². The van der Waals surface area contributed by atoms with E-state index >= 15 is 0 Å². The molecule has 0 aliphatic carbocycles. The highest BCUT2D eigenvalue weighted by Gasteiger charge is 2.24. The van der Waals surface area contributed by atoms with Gasteiger partial charge in [0.05, 0.1) is 0 Å². The maximum Gasteiger partial charge on any atom is 0.322 e. The summed E-state index contributed by atoms with van der Waals surface area (Å²) in [5.41, 5.74) is 1.41. The molecule has 1 saturated heterocycles. The first-order valence-corrected chi connectivity index (χ1v) is 7.35. The average Bonchev–Trinajstić information content (AvgIpc) is 2.47. The number of hydrogen-bond acceptors (Lipinski definition) is 3. The molecule has 0 saturated carbocycles. The molecule has 0 bridgehead atoms. The number of carbonyl (C=O) groups is 1. The molecule has 0 aromatic heterocycles. The normalized spacial score (nSPS) is 18.9. The van der Waals surface area contributed by atoms with Crippen LogP contribution in [-0.4, -0.2) is 48.7 Å². The van der Waals surface area contributed by atoms with E-state index in [0.717, 1.165) is 38.3 Å². The van der Waals surface area contributed by atoms with Crippen LogP contribution in [0.4, 0.5) is 0 Å². The Morgan fingerprint density at radius 3 is 2.55 bits per heavy atom. The van der Waals surface area contributed by atoms with E-state index in [2.05, 4.69) is 40.5 Å². The van der Waals surface area contributed by atoms with Crippen LogP contribution >= 0.6 is 0 Å². The van der Waals surface area contributed by atoms with Crippen molar-refractivity contribution in [3.8, 4) is 0 Å². The summed E-state index contributed by atoms with van der Waals surface area (Å²) in [6.07, 6.45) is 3.46. The Hall–Kier alpha value is -1.39.